The van der Waals surface area contributed by atoms with Crippen LogP contribution >= 0.6 is 0 Å². The van der Waals surface area contributed by atoms with Crippen LogP contribution in [0.25, 0.3) is 0 Å². The normalized spacial score (nSPS) is 21.6. The van der Waals surface area contributed by atoms with Crippen LogP contribution in [0.4, 0.5) is 10.1 Å². The smallest absolute Gasteiger partial charge is 0.262 e. The Morgan fingerprint density at radius 2 is 1.57 bits per heavy atom. The minimum atomic E-state index is -1.62. The Labute approximate surface area is 122 Å². The van der Waals surface area contributed by atoms with E-state index < -0.39 is 18.1 Å². The van der Waals surface area contributed by atoms with Crippen molar-refractivity contribution in [2.24, 2.45) is 0 Å². The lowest BCUT2D eigenvalue weighted by Gasteiger charge is -2.23. The maximum Gasteiger partial charge on any atom is 0.262 e. The maximum atomic E-state index is 13.8. The maximum absolute atomic E-state index is 13.8. The molecule has 0 N–H and O–H groups in total. The molecule has 0 bridgehead atoms. The van der Waals surface area contributed by atoms with Crippen LogP contribution in [0.1, 0.15) is 16.8 Å². The van der Waals surface area contributed by atoms with Crippen molar-refractivity contribution in [3.05, 3.63) is 66.2 Å². The second kappa shape index (κ2) is 5.48. The van der Waals surface area contributed by atoms with Gasteiger partial charge in [-0.3, -0.25) is 14.5 Å². The first kappa shape index (κ1) is 13.5. The Kier molecular flexibility index (Phi) is 3.52. The number of para-hydroxylation sites is 1. The highest BCUT2D eigenvalue weighted by Gasteiger charge is 2.44. The van der Waals surface area contributed by atoms with Gasteiger partial charge in [-0.15, -0.1) is 0 Å². The van der Waals surface area contributed by atoms with Crippen molar-refractivity contribution in [1.29, 1.82) is 0 Å². The number of hydrogen-bond donors (Lipinski definition) is 0. The third-order valence-electron chi connectivity index (χ3n) is 3.64. The summed E-state index contributed by atoms with van der Waals surface area (Å²) in [4.78, 5) is 25.9. The van der Waals surface area contributed by atoms with Gasteiger partial charge in [0.25, 0.3) is 5.91 Å². The molecular weight excluding hydrogens is 269 g/mol. The molecule has 4 heteroatoms. The van der Waals surface area contributed by atoms with Gasteiger partial charge in [0.05, 0.1) is 0 Å². The molecule has 0 aliphatic carbocycles. The van der Waals surface area contributed by atoms with Crippen LogP contribution in [0.2, 0.25) is 0 Å². The first-order valence-electron chi connectivity index (χ1n) is 6.80. The number of Topliss-reactive ketones (excluding diaryl/α,β-unsaturated/α-hetero) is 1. The van der Waals surface area contributed by atoms with Crippen LogP contribution in [0.15, 0.2) is 60.7 Å². The number of hydrogen-bond acceptors (Lipinski definition) is 2. The zero-order valence-corrected chi connectivity index (χ0v) is 11.3. The van der Waals surface area contributed by atoms with Gasteiger partial charge in [-0.05, 0) is 12.1 Å². The lowest BCUT2D eigenvalue weighted by atomic mass is 10.0. The first-order valence-corrected chi connectivity index (χ1v) is 6.80. The number of carbonyl (C=O) groups excluding carboxylic acids is 2. The molecule has 2 unspecified atom stereocenters. The van der Waals surface area contributed by atoms with Crippen molar-refractivity contribution in [3.63, 3.8) is 0 Å². The molecular formula is C17H14FNO2. The lowest BCUT2D eigenvalue weighted by molar-refractivity contribution is -0.121. The second-order valence-electron chi connectivity index (χ2n) is 4.99. The molecule has 0 spiro atoms. The van der Waals surface area contributed by atoms with E-state index in [2.05, 4.69) is 0 Å². The molecule has 1 heterocycles. The van der Waals surface area contributed by atoms with E-state index in [1.807, 2.05) is 12.1 Å². The summed E-state index contributed by atoms with van der Waals surface area (Å²) in [7, 11) is 0. The largest absolute Gasteiger partial charge is 0.299 e. The second-order valence-corrected chi connectivity index (χ2v) is 4.99. The van der Waals surface area contributed by atoms with Gasteiger partial charge in [0.2, 0.25) is 0 Å². The van der Waals surface area contributed by atoms with Crippen molar-refractivity contribution in [2.75, 3.05) is 4.90 Å². The lowest BCUT2D eigenvalue weighted by Crippen LogP contribution is -2.39. The topological polar surface area (TPSA) is 37.4 Å². The molecule has 2 aromatic rings. The number of carbonyl (C=O) groups is 2. The fourth-order valence-corrected chi connectivity index (χ4v) is 2.62. The number of rotatable bonds is 3. The zero-order chi connectivity index (χ0) is 14.8. The number of benzene rings is 2. The van der Waals surface area contributed by atoms with Crippen molar-refractivity contribution >= 4 is 17.4 Å². The fraction of sp³-hybridized carbons (Fsp3) is 0.176. The molecule has 1 amide bonds. The first-order chi connectivity index (χ1) is 10.2. The van der Waals surface area contributed by atoms with Crippen LogP contribution in [0.5, 0.6) is 0 Å². The number of halogens is 1. The third-order valence-corrected chi connectivity index (χ3v) is 3.64. The molecule has 0 aromatic heterocycles. The number of amides is 1. The Balaban J connectivity index is 1.97. The Hall–Kier alpha value is -2.49. The third kappa shape index (κ3) is 2.44. The van der Waals surface area contributed by atoms with Crippen LogP contribution in [-0.4, -0.2) is 23.9 Å². The van der Waals surface area contributed by atoms with Crippen LogP contribution in [0, 0.1) is 0 Å². The average molecular weight is 283 g/mol. The highest BCUT2D eigenvalue weighted by atomic mass is 19.1. The van der Waals surface area contributed by atoms with Crippen molar-refractivity contribution < 1.29 is 14.0 Å². The molecule has 1 aliphatic rings. The van der Waals surface area contributed by atoms with E-state index in [-0.39, 0.29) is 12.2 Å². The summed E-state index contributed by atoms with van der Waals surface area (Å²) in [5, 5.41) is 0. The van der Waals surface area contributed by atoms with Gasteiger partial charge < -0.3 is 0 Å². The molecule has 1 saturated heterocycles. The summed E-state index contributed by atoms with van der Waals surface area (Å²) in [5.74, 6) is -0.872. The zero-order valence-electron chi connectivity index (χ0n) is 11.3. The van der Waals surface area contributed by atoms with Gasteiger partial charge in [0.1, 0.15) is 6.04 Å². The highest BCUT2D eigenvalue weighted by molar-refractivity contribution is 6.11. The van der Waals surface area contributed by atoms with Gasteiger partial charge in [-0.2, -0.15) is 0 Å². The minimum absolute atomic E-state index is 0.0958. The molecule has 2 atom stereocenters. The van der Waals surface area contributed by atoms with Crippen LogP contribution < -0.4 is 4.90 Å². The summed E-state index contributed by atoms with van der Waals surface area (Å²) in [5.41, 5.74) is 1.04. The van der Waals surface area contributed by atoms with E-state index in [0.717, 1.165) is 0 Å². The minimum Gasteiger partial charge on any atom is -0.299 e. The molecule has 3 nitrogen and oxygen atoms in total. The predicted molar refractivity (Wildman–Crippen MR) is 78.0 cm³/mol. The molecule has 1 fully saturated rings. The molecule has 2 aromatic carbocycles. The summed E-state index contributed by atoms with van der Waals surface area (Å²) >= 11 is 0. The molecule has 3 rings (SSSR count). The summed E-state index contributed by atoms with van der Waals surface area (Å²) in [6.07, 6.45) is -1.72. The van der Waals surface area contributed by atoms with Crippen molar-refractivity contribution in [2.45, 2.75) is 18.6 Å². The summed E-state index contributed by atoms with van der Waals surface area (Å²) < 4.78 is 13.8. The number of alkyl halides is 1. The van der Waals surface area contributed by atoms with Crippen LogP contribution in [-0.2, 0) is 4.79 Å². The van der Waals surface area contributed by atoms with Gasteiger partial charge in [0, 0.05) is 17.7 Å². The molecule has 21 heavy (non-hydrogen) atoms. The van der Waals surface area contributed by atoms with Crippen molar-refractivity contribution in [1.82, 2.24) is 0 Å². The average Bonchev–Trinajstić information content (AvgIpc) is 2.84. The van der Waals surface area contributed by atoms with Gasteiger partial charge in [-0.1, -0.05) is 48.5 Å². The van der Waals surface area contributed by atoms with E-state index in [0.29, 0.717) is 11.3 Å². The fourth-order valence-electron chi connectivity index (χ4n) is 2.62. The van der Waals surface area contributed by atoms with Gasteiger partial charge in [-0.25, -0.2) is 4.39 Å². The predicted octanol–water partition coefficient (Wildman–Crippen LogP) is 3.01. The molecule has 1 aliphatic heterocycles. The van der Waals surface area contributed by atoms with Crippen LogP contribution in [0.3, 0.4) is 0 Å². The summed E-state index contributed by atoms with van der Waals surface area (Å²) in [6.45, 7) is 0. The number of nitrogens with zero attached hydrogens (tertiary/aromatic N) is 1. The van der Waals surface area contributed by atoms with E-state index >= 15 is 0 Å². The Morgan fingerprint density at radius 3 is 2.19 bits per heavy atom. The van der Waals surface area contributed by atoms with E-state index in [9.17, 15) is 14.0 Å². The standard InChI is InChI=1S/C17H14FNO2/c18-14-11-15(16(20)12-7-3-1-4-8-12)19(17(14)21)13-9-5-2-6-10-13/h1-10,14-15H,11H2. The molecule has 106 valence electrons. The van der Waals surface area contributed by atoms with Crippen molar-refractivity contribution in [3.8, 4) is 0 Å². The monoisotopic (exact) mass is 283 g/mol. The summed E-state index contributed by atoms with van der Waals surface area (Å²) in [6, 6.07) is 16.7. The number of ketones is 1. The molecule has 0 saturated carbocycles. The Bertz CT molecular complexity index is 657. The SMILES string of the molecule is O=C(c1ccccc1)C1CC(F)C(=O)N1c1ccccc1. The Morgan fingerprint density at radius 1 is 1.00 bits per heavy atom. The van der Waals surface area contributed by atoms with Gasteiger partial charge in [0.15, 0.2) is 12.0 Å². The highest BCUT2D eigenvalue weighted by Crippen LogP contribution is 2.30. The quantitative estimate of drug-likeness (QED) is 0.812. The van der Waals surface area contributed by atoms with Gasteiger partial charge >= 0.3 is 0 Å². The van der Waals surface area contributed by atoms with E-state index in [1.54, 1.807) is 48.5 Å². The number of anilines is 1. The van der Waals surface area contributed by atoms with E-state index in [1.165, 1.54) is 4.90 Å². The molecule has 0 radical (unpaired) electrons. The van der Waals surface area contributed by atoms with E-state index in [4.69, 9.17) is 0 Å².